The summed E-state index contributed by atoms with van der Waals surface area (Å²) in [6.07, 6.45) is 5.57. The number of anilines is 2. The molecule has 2 aromatic heterocycles. The average Bonchev–Trinajstić information content (AvgIpc) is 3.32. The largest absolute Gasteiger partial charge is 0.396 e. The zero-order valence-electron chi connectivity index (χ0n) is 19.1. The van der Waals surface area contributed by atoms with Crippen molar-refractivity contribution in [3.63, 3.8) is 0 Å². The second kappa shape index (κ2) is 10.0. The van der Waals surface area contributed by atoms with E-state index in [2.05, 4.69) is 31.9 Å². The zero-order valence-corrected chi connectivity index (χ0v) is 20.9. The van der Waals surface area contributed by atoms with E-state index in [0.29, 0.717) is 26.2 Å². The fourth-order valence-electron chi connectivity index (χ4n) is 4.62. The minimum atomic E-state index is -3.14. The smallest absolute Gasteiger partial charge is 0.211 e. The summed E-state index contributed by atoms with van der Waals surface area (Å²) >= 11 is 0. The van der Waals surface area contributed by atoms with E-state index in [-0.39, 0.29) is 26.0 Å². The fraction of sp³-hybridized carbons (Fsp3) is 0.435. The molecule has 11 heteroatoms. The molecule has 3 aromatic rings. The second-order valence-electron chi connectivity index (χ2n) is 8.73. The molecule has 1 atom stereocenters. The van der Waals surface area contributed by atoms with Crippen LogP contribution in [0, 0.1) is 5.92 Å². The summed E-state index contributed by atoms with van der Waals surface area (Å²) in [5.41, 5.74) is 4.46. The number of aliphatic hydroxyl groups is 1. The molecule has 9 nitrogen and oxygen atoms in total. The van der Waals surface area contributed by atoms with E-state index >= 15 is 0 Å². The van der Waals surface area contributed by atoms with E-state index in [1.807, 2.05) is 18.2 Å². The van der Waals surface area contributed by atoms with Crippen molar-refractivity contribution in [2.24, 2.45) is 5.92 Å². The number of aromatic nitrogens is 3. The molecule has 0 aliphatic carbocycles. The van der Waals surface area contributed by atoms with E-state index in [1.54, 1.807) is 12.4 Å². The monoisotopic (exact) mass is 502 g/mol. The average molecular weight is 503 g/mol. The van der Waals surface area contributed by atoms with E-state index < -0.39 is 10.0 Å². The maximum atomic E-state index is 11.8. The lowest BCUT2D eigenvalue weighted by Crippen LogP contribution is -2.48. The minimum absolute atomic E-state index is 0. The van der Waals surface area contributed by atoms with Gasteiger partial charge in [0.15, 0.2) is 5.82 Å². The summed E-state index contributed by atoms with van der Waals surface area (Å²) in [5, 5.41) is 9.55. The molecule has 0 radical (unpaired) electrons. The summed E-state index contributed by atoms with van der Waals surface area (Å²) in [6.45, 7) is 4.12. The van der Waals surface area contributed by atoms with Gasteiger partial charge in [-0.05, 0) is 24.6 Å². The van der Waals surface area contributed by atoms with Crippen LogP contribution in [0.15, 0.2) is 42.7 Å². The minimum Gasteiger partial charge on any atom is -0.396 e. The summed E-state index contributed by atoms with van der Waals surface area (Å²) in [7, 11) is -3.14. The Balaban J connectivity index is 0.00000274. The number of rotatable bonds is 5. The van der Waals surface area contributed by atoms with Crippen LogP contribution in [0.4, 0.5) is 11.5 Å². The Labute approximate surface area is 206 Å². The molecule has 2 fully saturated rings. The van der Waals surface area contributed by atoms with Crippen molar-refractivity contribution in [2.75, 3.05) is 61.9 Å². The van der Waals surface area contributed by atoms with Crippen LogP contribution in [0.3, 0.4) is 0 Å². The molecule has 2 aliphatic heterocycles. The Bertz CT molecular complexity index is 1250. The van der Waals surface area contributed by atoms with Gasteiger partial charge in [-0.25, -0.2) is 18.4 Å². The summed E-state index contributed by atoms with van der Waals surface area (Å²) in [4.78, 5) is 18.4. The van der Waals surface area contributed by atoms with Crippen LogP contribution in [-0.2, 0) is 10.0 Å². The molecule has 182 valence electrons. The SMILES string of the molecule is CS(=O)(=O)N1CCN(c2ccc(-c3cc4nccnc4c(N4CC[C@H](CO)C4)n3)cc2)CC1.S. The van der Waals surface area contributed by atoms with Crippen molar-refractivity contribution >= 4 is 46.1 Å². The number of piperazine rings is 1. The third-order valence-corrected chi connectivity index (χ3v) is 7.82. The molecular weight excluding hydrogens is 472 g/mol. The van der Waals surface area contributed by atoms with Crippen LogP contribution in [0.5, 0.6) is 0 Å². The van der Waals surface area contributed by atoms with Crippen molar-refractivity contribution in [3.05, 3.63) is 42.7 Å². The zero-order chi connectivity index (χ0) is 23.0. The fourth-order valence-corrected chi connectivity index (χ4v) is 5.45. The number of benzene rings is 1. The Morgan fingerprint density at radius 1 is 1.00 bits per heavy atom. The van der Waals surface area contributed by atoms with Crippen molar-refractivity contribution in [1.29, 1.82) is 0 Å². The van der Waals surface area contributed by atoms with Gasteiger partial charge in [-0.15, -0.1) is 0 Å². The van der Waals surface area contributed by atoms with Crippen LogP contribution in [0.2, 0.25) is 0 Å². The standard InChI is InChI=1S/C23H28N6O3S.H2S/c1-33(31,32)29-12-10-27(11-13-29)19-4-2-18(3-5-19)20-14-21-22(25-8-7-24-21)23(26-20)28-9-6-17(15-28)16-30;/h2-5,7-8,14,17,30H,6,9-13,15-16H2,1H3;1H2/t17-;/m0./s1. The van der Waals surface area contributed by atoms with Crippen molar-refractivity contribution in [3.8, 4) is 11.3 Å². The van der Waals surface area contributed by atoms with Gasteiger partial charge in [0.05, 0.1) is 17.5 Å². The highest BCUT2D eigenvalue weighted by Crippen LogP contribution is 2.31. The third kappa shape index (κ3) is 4.97. The Morgan fingerprint density at radius 3 is 2.35 bits per heavy atom. The lowest BCUT2D eigenvalue weighted by molar-refractivity contribution is 0.238. The first kappa shape index (κ1) is 24.6. The van der Waals surface area contributed by atoms with Crippen molar-refractivity contribution in [1.82, 2.24) is 19.3 Å². The Morgan fingerprint density at radius 2 is 1.71 bits per heavy atom. The highest BCUT2D eigenvalue weighted by Gasteiger charge is 2.26. The number of hydrogen-bond acceptors (Lipinski definition) is 8. The maximum absolute atomic E-state index is 11.8. The third-order valence-electron chi connectivity index (χ3n) is 6.52. The molecule has 0 spiro atoms. The van der Waals surface area contributed by atoms with Crippen molar-refractivity contribution < 1.29 is 13.5 Å². The summed E-state index contributed by atoms with van der Waals surface area (Å²) in [5.74, 6) is 1.07. The van der Waals surface area contributed by atoms with Gasteiger partial charge in [0.2, 0.25) is 10.0 Å². The van der Waals surface area contributed by atoms with E-state index in [1.165, 1.54) is 10.6 Å². The molecule has 0 amide bonds. The van der Waals surface area contributed by atoms with Crippen LogP contribution in [0.1, 0.15) is 6.42 Å². The molecule has 5 rings (SSSR count). The maximum Gasteiger partial charge on any atom is 0.211 e. The highest BCUT2D eigenvalue weighted by atomic mass is 32.2. The molecule has 34 heavy (non-hydrogen) atoms. The normalized spacial score (nSPS) is 19.4. The van der Waals surface area contributed by atoms with Crippen LogP contribution >= 0.6 is 13.5 Å². The van der Waals surface area contributed by atoms with Gasteiger partial charge in [-0.3, -0.25) is 4.98 Å². The van der Waals surface area contributed by atoms with Gasteiger partial charge in [-0.1, -0.05) is 12.1 Å². The predicted octanol–water partition coefficient (Wildman–Crippen LogP) is 1.70. The first-order chi connectivity index (χ1) is 15.9. The second-order valence-corrected chi connectivity index (χ2v) is 10.7. The number of hydrogen-bond donors (Lipinski definition) is 1. The molecule has 2 aliphatic rings. The molecular formula is C23H30N6O3S2. The van der Waals surface area contributed by atoms with Gasteiger partial charge in [0, 0.05) is 75.4 Å². The van der Waals surface area contributed by atoms with Crippen LogP contribution < -0.4 is 9.80 Å². The van der Waals surface area contributed by atoms with Gasteiger partial charge in [0.25, 0.3) is 0 Å². The number of aliphatic hydroxyl groups excluding tert-OH is 1. The van der Waals surface area contributed by atoms with Gasteiger partial charge in [-0.2, -0.15) is 17.8 Å². The van der Waals surface area contributed by atoms with E-state index in [9.17, 15) is 13.5 Å². The van der Waals surface area contributed by atoms with Gasteiger partial charge < -0.3 is 14.9 Å². The number of sulfonamides is 1. The van der Waals surface area contributed by atoms with Crippen LogP contribution in [-0.4, -0.2) is 84.9 Å². The first-order valence-corrected chi connectivity index (χ1v) is 13.1. The topological polar surface area (TPSA) is 103 Å². The molecule has 0 saturated carbocycles. The Kier molecular flexibility index (Phi) is 7.27. The van der Waals surface area contributed by atoms with Gasteiger partial charge >= 0.3 is 0 Å². The van der Waals surface area contributed by atoms with Gasteiger partial charge in [0.1, 0.15) is 5.52 Å². The van der Waals surface area contributed by atoms with Crippen LogP contribution in [0.25, 0.3) is 22.3 Å². The number of pyridine rings is 1. The quantitative estimate of drug-likeness (QED) is 0.563. The molecule has 2 saturated heterocycles. The first-order valence-electron chi connectivity index (χ1n) is 11.2. The summed E-state index contributed by atoms with van der Waals surface area (Å²) < 4.78 is 25.0. The Hall–Kier alpha value is -2.47. The number of fused-ring (bicyclic) bond motifs is 1. The molecule has 1 N–H and O–H groups in total. The molecule has 4 heterocycles. The molecule has 0 bridgehead atoms. The highest BCUT2D eigenvalue weighted by molar-refractivity contribution is 7.88. The lowest BCUT2D eigenvalue weighted by Gasteiger charge is -2.34. The summed E-state index contributed by atoms with van der Waals surface area (Å²) in [6, 6.07) is 10.2. The lowest BCUT2D eigenvalue weighted by atomic mass is 10.1. The van der Waals surface area contributed by atoms with E-state index in [0.717, 1.165) is 53.3 Å². The van der Waals surface area contributed by atoms with E-state index in [4.69, 9.17) is 4.98 Å². The molecule has 0 unspecified atom stereocenters. The number of nitrogens with zero attached hydrogens (tertiary/aromatic N) is 6. The predicted molar refractivity (Wildman–Crippen MR) is 139 cm³/mol. The molecule has 1 aromatic carbocycles. The van der Waals surface area contributed by atoms with Crippen molar-refractivity contribution in [2.45, 2.75) is 6.42 Å².